The Morgan fingerprint density at radius 3 is 2.38 bits per heavy atom. The summed E-state index contributed by atoms with van der Waals surface area (Å²) in [4.78, 5) is 12.8. The molecule has 0 atom stereocenters. The summed E-state index contributed by atoms with van der Waals surface area (Å²) < 4.78 is 16.7. The maximum atomic E-state index is 12.8. The molecule has 142 valence electrons. The molecular weight excluding hydrogens is 370 g/mol. The van der Waals surface area contributed by atoms with E-state index in [4.69, 9.17) is 13.6 Å². The van der Waals surface area contributed by atoms with Crippen molar-refractivity contribution in [1.82, 2.24) is 10.2 Å². The van der Waals surface area contributed by atoms with Crippen LogP contribution in [0, 0.1) is 0 Å². The van der Waals surface area contributed by atoms with Gasteiger partial charge in [0.2, 0.25) is 0 Å². The van der Waals surface area contributed by atoms with E-state index >= 15 is 0 Å². The van der Waals surface area contributed by atoms with Crippen molar-refractivity contribution >= 4 is 33.7 Å². The number of ether oxygens (including phenoxy) is 1. The van der Waals surface area contributed by atoms with Crippen LogP contribution in [0.15, 0.2) is 75.6 Å². The fraction of sp³-hybridized carbons (Fsp3) is 0.0455. The number of hydrogen-bond donors (Lipinski definition) is 1. The molecule has 0 unspecified atom stereocenters. The molecule has 0 saturated carbocycles. The van der Waals surface area contributed by atoms with Gasteiger partial charge in [0.1, 0.15) is 11.3 Å². The number of methoxy groups -OCH3 is 1. The number of hydrogen-bond acceptors (Lipinski definition) is 6. The third-order valence-electron chi connectivity index (χ3n) is 4.59. The van der Waals surface area contributed by atoms with Crippen molar-refractivity contribution in [2.45, 2.75) is 0 Å². The lowest BCUT2D eigenvalue weighted by molar-refractivity contribution is 0.102. The van der Waals surface area contributed by atoms with Crippen LogP contribution in [0.1, 0.15) is 10.4 Å². The molecule has 5 aromatic rings. The number of carbonyl (C=O) groups excluding carboxylic acids is 1. The molecule has 0 aliphatic carbocycles. The molecule has 0 radical (unpaired) electrons. The number of rotatable bonds is 4. The fourth-order valence-corrected chi connectivity index (χ4v) is 3.19. The number of anilines is 1. The van der Waals surface area contributed by atoms with Crippen LogP contribution in [0.2, 0.25) is 0 Å². The highest BCUT2D eigenvalue weighted by molar-refractivity contribution is 6.08. The van der Waals surface area contributed by atoms with Crippen LogP contribution in [-0.2, 0) is 0 Å². The van der Waals surface area contributed by atoms with E-state index in [1.807, 2.05) is 54.6 Å². The van der Waals surface area contributed by atoms with Crippen LogP contribution in [0.25, 0.3) is 33.4 Å². The van der Waals surface area contributed by atoms with Crippen molar-refractivity contribution in [3.63, 3.8) is 0 Å². The molecule has 0 aliphatic rings. The molecule has 0 fully saturated rings. The van der Waals surface area contributed by atoms with E-state index in [0.29, 0.717) is 22.7 Å². The SMILES string of the molecule is COc1cc2ccccc2cc1C(=O)Nc1nnc(-c2cc3ccccc3o2)o1. The van der Waals surface area contributed by atoms with Crippen molar-refractivity contribution in [1.29, 1.82) is 0 Å². The summed E-state index contributed by atoms with van der Waals surface area (Å²) in [6.07, 6.45) is 0. The standard InChI is InChI=1S/C22H15N3O4/c1-27-18-11-14-7-3-2-6-13(14)10-16(18)20(26)23-22-25-24-21(29-22)19-12-15-8-4-5-9-17(15)28-19/h2-12H,1H3,(H,23,25,26). The Bertz CT molecular complexity index is 1320. The topological polar surface area (TPSA) is 90.4 Å². The average Bonchev–Trinajstić information content (AvgIpc) is 3.39. The van der Waals surface area contributed by atoms with Crippen molar-refractivity contribution in [2.24, 2.45) is 0 Å². The smallest absolute Gasteiger partial charge is 0.322 e. The fourth-order valence-electron chi connectivity index (χ4n) is 3.19. The molecule has 29 heavy (non-hydrogen) atoms. The summed E-state index contributed by atoms with van der Waals surface area (Å²) in [6.45, 7) is 0. The summed E-state index contributed by atoms with van der Waals surface area (Å²) in [5, 5.41) is 13.3. The Kier molecular flexibility index (Phi) is 3.98. The minimum absolute atomic E-state index is 0.0272. The van der Waals surface area contributed by atoms with Crippen molar-refractivity contribution in [2.75, 3.05) is 12.4 Å². The van der Waals surface area contributed by atoms with Gasteiger partial charge in [-0.05, 0) is 35.0 Å². The summed E-state index contributed by atoms with van der Waals surface area (Å²) >= 11 is 0. The highest BCUT2D eigenvalue weighted by Gasteiger charge is 2.18. The van der Waals surface area contributed by atoms with Crippen LogP contribution in [0.3, 0.4) is 0 Å². The number of amides is 1. The summed E-state index contributed by atoms with van der Waals surface area (Å²) in [7, 11) is 1.52. The van der Waals surface area contributed by atoms with Crippen LogP contribution in [-0.4, -0.2) is 23.2 Å². The monoisotopic (exact) mass is 385 g/mol. The second-order valence-corrected chi connectivity index (χ2v) is 6.41. The van der Waals surface area contributed by atoms with E-state index in [1.54, 1.807) is 12.1 Å². The van der Waals surface area contributed by atoms with E-state index in [2.05, 4.69) is 15.5 Å². The second-order valence-electron chi connectivity index (χ2n) is 6.41. The van der Waals surface area contributed by atoms with Crippen molar-refractivity contribution < 1.29 is 18.4 Å². The highest BCUT2D eigenvalue weighted by Crippen LogP contribution is 2.29. The zero-order chi connectivity index (χ0) is 19.8. The Morgan fingerprint density at radius 1 is 0.897 bits per heavy atom. The predicted molar refractivity (Wildman–Crippen MR) is 108 cm³/mol. The predicted octanol–water partition coefficient (Wildman–Crippen LogP) is 4.90. The van der Waals surface area contributed by atoms with E-state index in [9.17, 15) is 4.79 Å². The van der Waals surface area contributed by atoms with Gasteiger partial charge in [0, 0.05) is 5.39 Å². The van der Waals surface area contributed by atoms with Crippen LogP contribution >= 0.6 is 0 Å². The number of carbonyl (C=O) groups is 1. The molecule has 7 heteroatoms. The molecule has 7 nitrogen and oxygen atoms in total. The van der Waals surface area contributed by atoms with Gasteiger partial charge in [-0.25, -0.2) is 0 Å². The Labute approximate surface area is 164 Å². The van der Waals surface area contributed by atoms with Gasteiger partial charge in [0.05, 0.1) is 12.7 Å². The quantitative estimate of drug-likeness (QED) is 0.473. The van der Waals surface area contributed by atoms with Gasteiger partial charge >= 0.3 is 6.01 Å². The number of para-hydroxylation sites is 1. The van der Waals surface area contributed by atoms with Gasteiger partial charge in [0.25, 0.3) is 11.8 Å². The Hall–Kier alpha value is -4.13. The first-order chi connectivity index (χ1) is 14.2. The first kappa shape index (κ1) is 17.0. The third kappa shape index (κ3) is 3.08. The highest BCUT2D eigenvalue weighted by atomic mass is 16.5. The van der Waals surface area contributed by atoms with Crippen molar-refractivity contribution in [3.8, 4) is 17.4 Å². The molecule has 3 aromatic carbocycles. The zero-order valence-corrected chi connectivity index (χ0v) is 15.4. The van der Waals surface area contributed by atoms with Crippen LogP contribution < -0.4 is 10.1 Å². The summed E-state index contributed by atoms with van der Waals surface area (Å²) in [5.74, 6) is 0.662. The van der Waals surface area contributed by atoms with E-state index in [0.717, 1.165) is 16.2 Å². The van der Waals surface area contributed by atoms with Gasteiger partial charge in [-0.2, -0.15) is 0 Å². The molecule has 2 heterocycles. The third-order valence-corrected chi connectivity index (χ3v) is 4.59. The lowest BCUT2D eigenvalue weighted by Gasteiger charge is -2.09. The molecular formula is C22H15N3O4. The van der Waals surface area contributed by atoms with Crippen LogP contribution in [0.4, 0.5) is 6.01 Å². The van der Waals surface area contributed by atoms with E-state index in [1.165, 1.54) is 7.11 Å². The molecule has 0 saturated heterocycles. The molecule has 2 aromatic heterocycles. The van der Waals surface area contributed by atoms with Crippen molar-refractivity contribution in [3.05, 3.63) is 72.3 Å². The molecule has 5 rings (SSSR count). The van der Waals surface area contributed by atoms with Gasteiger partial charge < -0.3 is 13.6 Å². The maximum absolute atomic E-state index is 12.8. The van der Waals surface area contributed by atoms with Gasteiger partial charge in [-0.3, -0.25) is 10.1 Å². The first-order valence-corrected chi connectivity index (χ1v) is 8.92. The van der Waals surface area contributed by atoms with Gasteiger partial charge in [0.15, 0.2) is 5.76 Å². The van der Waals surface area contributed by atoms with E-state index < -0.39 is 5.91 Å². The number of fused-ring (bicyclic) bond motifs is 2. The number of benzene rings is 3. The Balaban J connectivity index is 1.43. The first-order valence-electron chi connectivity index (χ1n) is 8.92. The normalized spacial score (nSPS) is 11.1. The molecule has 1 N–H and O–H groups in total. The van der Waals surface area contributed by atoms with Crippen LogP contribution in [0.5, 0.6) is 5.75 Å². The summed E-state index contributed by atoms with van der Waals surface area (Å²) in [6, 6.07) is 20.7. The molecule has 1 amide bonds. The number of nitrogens with one attached hydrogen (secondary N) is 1. The second kappa shape index (κ2) is 6.79. The molecule has 0 aliphatic heterocycles. The molecule has 0 spiro atoms. The van der Waals surface area contributed by atoms with Gasteiger partial charge in [-0.15, -0.1) is 5.10 Å². The minimum atomic E-state index is -0.410. The zero-order valence-electron chi connectivity index (χ0n) is 15.4. The lowest BCUT2D eigenvalue weighted by atomic mass is 10.1. The minimum Gasteiger partial charge on any atom is -0.496 e. The number of nitrogens with zero attached hydrogens (tertiary/aromatic N) is 2. The van der Waals surface area contributed by atoms with Gasteiger partial charge in [-0.1, -0.05) is 47.6 Å². The Morgan fingerprint density at radius 2 is 1.62 bits per heavy atom. The molecule has 0 bridgehead atoms. The average molecular weight is 385 g/mol. The lowest BCUT2D eigenvalue weighted by Crippen LogP contribution is -2.13. The summed E-state index contributed by atoms with van der Waals surface area (Å²) in [5.41, 5.74) is 1.09. The number of furan rings is 1. The maximum Gasteiger partial charge on any atom is 0.322 e. The van der Waals surface area contributed by atoms with E-state index in [-0.39, 0.29) is 11.9 Å². The largest absolute Gasteiger partial charge is 0.496 e. The number of aromatic nitrogens is 2.